The van der Waals surface area contributed by atoms with E-state index in [1.165, 1.54) is 0 Å². The van der Waals surface area contributed by atoms with Crippen LogP contribution in [0.2, 0.25) is 0 Å². The highest BCUT2D eigenvalue weighted by molar-refractivity contribution is 6.12. The van der Waals surface area contributed by atoms with Crippen molar-refractivity contribution < 1.29 is 9.53 Å². The lowest BCUT2D eigenvalue weighted by Crippen LogP contribution is -2.15. The number of benzene rings is 3. The second-order valence-electron chi connectivity index (χ2n) is 5.77. The Balaban J connectivity index is 1.66. The van der Waals surface area contributed by atoms with Crippen molar-refractivity contribution in [2.24, 2.45) is 0 Å². The van der Waals surface area contributed by atoms with E-state index in [0.717, 1.165) is 22.4 Å². The zero-order valence-corrected chi connectivity index (χ0v) is 13.1. The molecule has 4 rings (SSSR count). The molecule has 116 valence electrons. The summed E-state index contributed by atoms with van der Waals surface area (Å²) in [4.78, 5) is 12.5. The average molecular weight is 312 g/mol. The minimum absolute atomic E-state index is 0.0217. The Hall–Kier alpha value is -3.13. The molecule has 0 fully saturated rings. The highest BCUT2D eigenvalue weighted by atomic mass is 16.5. The van der Waals surface area contributed by atoms with E-state index in [1.807, 2.05) is 66.7 Å². The highest BCUT2D eigenvalue weighted by Crippen LogP contribution is 2.32. The van der Waals surface area contributed by atoms with E-state index in [2.05, 4.69) is 18.2 Å². The standard InChI is InChI=1S/C22H16O2/c23-22(17-9-5-2-6-10-17)20-13-19-12-11-18(14-21(19)24-15-20)16-7-3-1-4-8-16/h1-14H,15H2. The van der Waals surface area contributed by atoms with Gasteiger partial charge in [0.1, 0.15) is 12.4 Å². The van der Waals surface area contributed by atoms with Gasteiger partial charge in [-0.25, -0.2) is 0 Å². The van der Waals surface area contributed by atoms with Crippen LogP contribution in [0, 0.1) is 0 Å². The van der Waals surface area contributed by atoms with Gasteiger partial charge in [-0.1, -0.05) is 72.8 Å². The highest BCUT2D eigenvalue weighted by Gasteiger charge is 2.18. The van der Waals surface area contributed by atoms with Crippen LogP contribution in [0.3, 0.4) is 0 Å². The van der Waals surface area contributed by atoms with Crippen molar-refractivity contribution in [2.45, 2.75) is 0 Å². The van der Waals surface area contributed by atoms with E-state index in [-0.39, 0.29) is 5.78 Å². The van der Waals surface area contributed by atoms with E-state index in [1.54, 1.807) is 0 Å². The van der Waals surface area contributed by atoms with E-state index in [9.17, 15) is 4.79 Å². The summed E-state index contributed by atoms with van der Waals surface area (Å²) < 4.78 is 5.85. The van der Waals surface area contributed by atoms with Gasteiger partial charge in [0.15, 0.2) is 5.78 Å². The molecule has 0 atom stereocenters. The maximum absolute atomic E-state index is 12.5. The molecule has 2 heteroatoms. The fourth-order valence-electron chi connectivity index (χ4n) is 2.88. The third-order valence-electron chi connectivity index (χ3n) is 4.16. The van der Waals surface area contributed by atoms with Gasteiger partial charge in [0.05, 0.1) is 0 Å². The topological polar surface area (TPSA) is 26.3 Å². The first kappa shape index (κ1) is 14.5. The van der Waals surface area contributed by atoms with Crippen molar-refractivity contribution in [3.63, 3.8) is 0 Å². The van der Waals surface area contributed by atoms with E-state index < -0.39 is 0 Å². The lowest BCUT2D eigenvalue weighted by molar-refractivity contribution is 0.102. The Morgan fingerprint density at radius 3 is 2.25 bits per heavy atom. The number of Topliss-reactive ketones (excluding diaryl/α,β-unsaturated/α-hetero) is 1. The van der Waals surface area contributed by atoms with Crippen LogP contribution in [0.4, 0.5) is 0 Å². The van der Waals surface area contributed by atoms with Gasteiger partial charge in [-0.3, -0.25) is 4.79 Å². The zero-order valence-electron chi connectivity index (χ0n) is 13.1. The molecule has 1 aliphatic rings. The summed E-state index contributed by atoms with van der Waals surface area (Å²) in [7, 11) is 0. The van der Waals surface area contributed by atoms with Gasteiger partial charge in [-0.15, -0.1) is 0 Å². The van der Waals surface area contributed by atoms with Gasteiger partial charge in [-0.05, 0) is 23.3 Å². The smallest absolute Gasteiger partial charge is 0.192 e. The Labute approximate surface area is 141 Å². The molecule has 0 unspecified atom stereocenters. The van der Waals surface area contributed by atoms with Gasteiger partial charge < -0.3 is 4.74 Å². The third kappa shape index (κ3) is 2.74. The normalized spacial score (nSPS) is 12.8. The van der Waals surface area contributed by atoms with Crippen molar-refractivity contribution in [1.29, 1.82) is 0 Å². The molecule has 1 heterocycles. The minimum atomic E-state index is 0.0217. The van der Waals surface area contributed by atoms with Gasteiger partial charge in [-0.2, -0.15) is 0 Å². The molecule has 0 saturated carbocycles. The van der Waals surface area contributed by atoms with Crippen molar-refractivity contribution >= 4 is 11.9 Å². The average Bonchev–Trinajstić information content (AvgIpc) is 2.68. The Morgan fingerprint density at radius 1 is 0.792 bits per heavy atom. The first-order chi connectivity index (χ1) is 11.8. The second kappa shape index (κ2) is 6.17. The zero-order chi connectivity index (χ0) is 16.4. The molecular formula is C22H16O2. The van der Waals surface area contributed by atoms with Crippen molar-refractivity contribution in [2.75, 3.05) is 6.61 Å². The van der Waals surface area contributed by atoms with Gasteiger partial charge in [0.25, 0.3) is 0 Å². The summed E-state index contributed by atoms with van der Waals surface area (Å²) in [6.07, 6.45) is 1.93. The number of carbonyl (C=O) groups is 1. The molecule has 0 spiro atoms. The summed E-state index contributed by atoms with van der Waals surface area (Å²) in [5, 5.41) is 0. The predicted octanol–water partition coefficient (Wildman–Crippen LogP) is 5.01. The maximum atomic E-state index is 12.5. The molecule has 0 saturated heterocycles. The third-order valence-corrected chi connectivity index (χ3v) is 4.16. The molecule has 0 radical (unpaired) electrons. The van der Waals surface area contributed by atoms with Crippen LogP contribution >= 0.6 is 0 Å². The summed E-state index contributed by atoms with van der Waals surface area (Å²) in [6.45, 7) is 0.305. The molecule has 0 bridgehead atoms. The number of hydrogen-bond acceptors (Lipinski definition) is 2. The van der Waals surface area contributed by atoms with Crippen LogP contribution in [0.5, 0.6) is 5.75 Å². The van der Waals surface area contributed by atoms with Crippen molar-refractivity contribution in [1.82, 2.24) is 0 Å². The van der Waals surface area contributed by atoms with Crippen LogP contribution < -0.4 is 4.74 Å². The number of hydrogen-bond donors (Lipinski definition) is 0. The molecule has 3 aromatic carbocycles. The van der Waals surface area contributed by atoms with E-state index in [0.29, 0.717) is 17.7 Å². The maximum Gasteiger partial charge on any atom is 0.192 e. The summed E-state index contributed by atoms with van der Waals surface area (Å²) in [5.74, 6) is 0.842. The molecule has 2 nitrogen and oxygen atoms in total. The fraction of sp³-hybridized carbons (Fsp3) is 0.0455. The Bertz CT molecular complexity index is 909. The monoisotopic (exact) mass is 312 g/mol. The lowest BCUT2D eigenvalue weighted by atomic mass is 9.97. The number of fused-ring (bicyclic) bond motifs is 1. The molecule has 0 amide bonds. The first-order valence-corrected chi connectivity index (χ1v) is 7.94. The summed E-state index contributed by atoms with van der Waals surface area (Å²) in [6, 6.07) is 25.6. The number of ether oxygens (including phenoxy) is 1. The second-order valence-corrected chi connectivity index (χ2v) is 5.77. The lowest BCUT2D eigenvalue weighted by Gasteiger charge is -2.18. The predicted molar refractivity (Wildman–Crippen MR) is 96.1 cm³/mol. The summed E-state index contributed by atoms with van der Waals surface area (Å²) in [5.41, 5.74) is 4.58. The number of ketones is 1. The van der Waals surface area contributed by atoms with Gasteiger partial charge >= 0.3 is 0 Å². The van der Waals surface area contributed by atoms with Crippen LogP contribution in [-0.4, -0.2) is 12.4 Å². The fourth-order valence-corrected chi connectivity index (χ4v) is 2.88. The molecule has 3 aromatic rings. The Morgan fingerprint density at radius 2 is 1.50 bits per heavy atom. The molecular weight excluding hydrogens is 296 g/mol. The van der Waals surface area contributed by atoms with Crippen LogP contribution in [0.15, 0.2) is 84.4 Å². The van der Waals surface area contributed by atoms with E-state index >= 15 is 0 Å². The van der Waals surface area contributed by atoms with Crippen molar-refractivity contribution in [3.05, 3.63) is 95.6 Å². The largest absolute Gasteiger partial charge is 0.488 e. The molecule has 0 aromatic heterocycles. The Kier molecular flexibility index (Phi) is 3.72. The van der Waals surface area contributed by atoms with Crippen molar-refractivity contribution in [3.8, 4) is 16.9 Å². The first-order valence-electron chi connectivity index (χ1n) is 7.94. The number of rotatable bonds is 3. The van der Waals surface area contributed by atoms with Crippen LogP contribution in [0.25, 0.3) is 17.2 Å². The molecule has 24 heavy (non-hydrogen) atoms. The minimum Gasteiger partial charge on any atom is -0.488 e. The quantitative estimate of drug-likeness (QED) is 0.635. The SMILES string of the molecule is O=C(C1=Cc2ccc(-c3ccccc3)cc2OC1)c1ccccc1. The van der Waals surface area contributed by atoms with Crippen LogP contribution in [0.1, 0.15) is 15.9 Å². The van der Waals surface area contributed by atoms with Gasteiger partial charge in [0.2, 0.25) is 0 Å². The van der Waals surface area contributed by atoms with Crippen LogP contribution in [-0.2, 0) is 0 Å². The molecule has 1 aliphatic heterocycles. The van der Waals surface area contributed by atoms with E-state index in [4.69, 9.17) is 4.74 Å². The molecule has 0 N–H and O–H groups in total. The number of carbonyl (C=O) groups excluding carboxylic acids is 1. The van der Waals surface area contributed by atoms with Gasteiger partial charge in [0, 0.05) is 16.7 Å². The summed E-state index contributed by atoms with van der Waals surface area (Å²) >= 11 is 0. The molecule has 0 aliphatic carbocycles.